The molecular weight excluding hydrogens is 332 g/mol. The maximum Gasteiger partial charge on any atom is 0.139 e. The minimum Gasteiger partial charge on any atom is -0.380 e. The van der Waals surface area contributed by atoms with E-state index in [2.05, 4.69) is 37.8 Å². The van der Waals surface area contributed by atoms with Gasteiger partial charge in [0.05, 0.1) is 28.6 Å². The molecule has 5 nitrogen and oxygen atoms in total. The van der Waals surface area contributed by atoms with E-state index in [9.17, 15) is 5.11 Å². The molecule has 1 unspecified atom stereocenters. The van der Waals surface area contributed by atoms with Crippen molar-refractivity contribution in [2.24, 2.45) is 0 Å². The molecule has 0 aliphatic rings. The van der Waals surface area contributed by atoms with Crippen molar-refractivity contribution < 1.29 is 5.11 Å². The number of aromatic nitrogens is 3. The molecule has 1 N–H and O–H groups in total. The maximum atomic E-state index is 10.8. The number of aliphatic hydroxyl groups excluding tert-OH is 1. The Labute approximate surface area is 133 Å². The quantitative estimate of drug-likeness (QED) is 0.866. The van der Waals surface area contributed by atoms with Crippen molar-refractivity contribution in [1.29, 1.82) is 0 Å². The molecule has 0 radical (unpaired) electrons. The fourth-order valence-electron chi connectivity index (χ4n) is 2.24. The fourth-order valence-corrected chi connectivity index (χ4v) is 2.76. The van der Waals surface area contributed by atoms with Crippen molar-refractivity contribution in [3.05, 3.63) is 46.0 Å². The van der Waals surface area contributed by atoms with Gasteiger partial charge in [0, 0.05) is 12.7 Å². The number of aliphatic hydroxyl groups is 1. The molecule has 0 amide bonds. The summed E-state index contributed by atoms with van der Waals surface area (Å²) in [6.07, 6.45) is 3.50. The number of rotatable bonds is 6. The Kier molecular flexibility index (Phi) is 5.50. The van der Waals surface area contributed by atoms with E-state index in [0.717, 1.165) is 35.2 Å². The Balaban J connectivity index is 2.34. The van der Waals surface area contributed by atoms with E-state index in [1.165, 1.54) is 0 Å². The van der Waals surface area contributed by atoms with Crippen molar-refractivity contribution in [3.63, 3.8) is 0 Å². The highest BCUT2D eigenvalue weighted by Gasteiger charge is 2.22. The van der Waals surface area contributed by atoms with E-state index in [0.29, 0.717) is 5.69 Å². The summed E-state index contributed by atoms with van der Waals surface area (Å²) in [6, 6.07) is 3.90. The molecule has 2 aromatic rings. The topological polar surface area (TPSA) is 54.2 Å². The summed E-state index contributed by atoms with van der Waals surface area (Å²) in [5.74, 6) is 0. The van der Waals surface area contributed by atoms with Gasteiger partial charge in [-0.2, -0.15) is 5.10 Å². The van der Waals surface area contributed by atoms with E-state index in [-0.39, 0.29) is 0 Å². The van der Waals surface area contributed by atoms with Crippen LogP contribution >= 0.6 is 15.9 Å². The lowest BCUT2D eigenvalue weighted by Gasteiger charge is -2.17. The van der Waals surface area contributed by atoms with Gasteiger partial charge in [0.15, 0.2) is 0 Å². The number of hydrogen-bond donors (Lipinski definition) is 1. The first kappa shape index (κ1) is 16.1. The van der Waals surface area contributed by atoms with Crippen molar-refractivity contribution >= 4 is 15.9 Å². The predicted molar refractivity (Wildman–Crippen MR) is 86.2 cm³/mol. The predicted octanol–water partition coefficient (Wildman–Crippen LogP) is 2.25. The first-order valence-corrected chi connectivity index (χ1v) is 7.81. The Hall–Kier alpha value is -1.24. The summed E-state index contributed by atoms with van der Waals surface area (Å²) in [5.41, 5.74) is 2.51. The lowest BCUT2D eigenvalue weighted by Crippen LogP contribution is -2.21. The third-order valence-corrected chi connectivity index (χ3v) is 4.03. The van der Waals surface area contributed by atoms with Gasteiger partial charge in [-0.15, -0.1) is 0 Å². The van der Waals surface area contributed by atoms with Gasteiger partial charge in [-0.05, 0) is 48.1 Å². The van der Waals surface area contributed by atoms with Crippen LogP contribution in [0.15, 0.2) is 29.0 Å². The van der Waals surface area contributed by atoms with Crippen LogP contribution in [-0.4, -0.2) is 45.4 Å². The maximum absolute atomic E-state index is 10.8. The molecule has 6 heteroatoms. The Morgan fingerprint density at radius 3 is 2.86 bits per heavy atom. The standard InChI is InChI=1S/C15H21BrN4O/c1-4-11-6-5-7-17-13(11)15(21)14-12(16)10-18-20(14)9-8-19(2)3/h5-7,10,15,21H,4,8-9H2,1-3H3. The van der Waals surface area contributed by atoms with Gasteiger partial charge in [0.2, 0.25) is 0 Å². The molecule has 2 aromatic heterocycles. The van der Waals surface area contributed by atoms with Gasteiger partial charge in [0.25, 0.3) is 0 Å². The van der Waals surface area contributed by atoms with Crippen LogP contribution in [-0.2, 0) is 13.0 Å². The number of halogens is 1. The highest BCUT2D eigenvalue weighted by Crippen LogP contribution is 2.29. The molecule has 114 valence electrons. The van der Waals surface area contributed by atoms with Crippen LogP contribution in [0.1, 0.15) is 30.0 Å². The normalized spacial score (nSPS) is 12.9. The molecule has 0 saturated heterocycles. The zero-order valence-electron chi connectivity index (χ0n) is 12.6. The second-order valence-corrected chi connectivity index (χ2v) is 6.06. The molecule has 0 spiro atoms. The zero-order valence-corrected chi connectivity index (χ0v) is 14.2. The number of likely N-dealkylation sites (N-methyl/N-ethyl adjacent to an activating group) is 1. The van der Waals surface area contributed by atoms with E-state index in [4.69, 9.17) is 0 Å². The summed E-state index contributed by atoms with van der Waals surface area (Å²) in [7, 11) is 4.03. The molecule has 1 atom stereocenters. The first-order valence-electron chi connectivity index (χ1n) is 7.02. The molecule has 21 heavy (non-hydrogen) atoms. The minimum absolute atomic E-state index is 0.701. The van der Waals surface area contributed by atoms with Gasteiger partial charge >= 0.3 is 0 Å². The summed E-state index contributed by atoms with van der Waals surface area (Å²) in [5, 5.41) is 15.1. The molecule has 0 bridgehead atoms. The lowest BCUT2D eigenvalue weighted by molar-refractivity contribution is 0.199. The van der Waals surface area contributed by atoms with Crippen molar-refractivity contribution in [3.8, 4) is 0 Å². The van der Waals surface area contributed by atoms with E-state index >= 15 is 0 Å². The van der Waals surface area contributed by atoms with Crippen LogP contribution in [0.4, 0.5) is 0 Å². The lowest BCUT2D eigenvalue weighted by atomic mass is 10.0. The molecule has 0 saturated carbocycles. The van der Waals surface area contributed by atoms with Crippen LogP contribution in [0.2, 0.25) is 0 Å². The van der Waals surface area contributed by atoms with Gasteiger partial charge in [-0.25, -0.2) is 0 Å². The molecule has 0 aromatic carbocycles. The summed E-state index contributed by atoms with van der Waals surface area (Å²) < 4.78 is 2.64. The highest BCUT2D eigenvalue weighted by molar-refractivity contribution is 9.10. The smallest absolute Gasteiger partial charge is 0.139 e. The number of nitrogens with zero attached hydrogens (tertiary/aromatic N) is 4. The average Bonchev–Trinajstić information content (AvgIpc) is 2.85. The molecule has 0 fully saturated rings. The van der Waals surface area contributed by atoms with E-state index < -0.39 is 6.10 Å². The number of aryl methyl sites for hydroxylation is 1. The van der Waals surface area contributed by atoms with Crippen molar-refractivity contribution in [1.82, 2.24) is 19.7 Å². The van der Waals surface area contributed by atoms with Gasteiger partial charge in [-0.1, -0.05) is 13.0 Å². The average molecular weight is 353 g/mol. The molecule has 0 aliphatic carbocycles. The minimum atomic E-state index is -0.778. The summed E-state index contributed by atoms with van der Waals surface area (Å²) >= 11 is 3.48. The number of hydrogen-bond acceptors (Lipinski definition) is 4. The van der Waals surface area contributed by atoms with Gasteiger partial charge in [0.1, 0.15) is 6.10 Å². The Morgan fingerprint density at radius 1 is 1.43 bits per heavy atom. The van der Waals surface area contributed by atoms with Crippen LogP contribution in [0, 0.1) is 0 Å². The molecular formula is C15H21BrN4O. The largest absolute Gasteiger partial charge is 0.380 e. The second kappa shape index (κ2) is 7.15. The monoisotopic (exact) mass is 352 g/mol. The van der Waals surface area contributed by atoms with E-state index in [1.54, 1.807) is 12.4 Å². The first-order chi connectivity index (χ1) is 10.0. The molecule has 0 aliphatic heterocycles. The van der Waals surface area contributed by atoms with E-state index in [1.807, 2.05) is 30.9 Å². The third kappa shape index (κ3) is 3.70. The van der Waals surface area contributed by atoms with Gasteiger partial charge in [-0.3, -0.25) is 9.67 Å². The van der Waals surface area contributed by atoms with Crippen LogP contribution in [0.3, 0.4) is 0 Å². The highest BCUT2D eigenvalue weighted by atomic mass is 79.9. The zero-order chi connectivity index (χ0) is 15.4. The summed E-state index contributed by atoms with van der Waals surface area (Å²) in [6.45, 7) is 3.64. The fraction of sp³-hybridized carbons (Fsp3) is 0.467. The van der Waals surface area contributed by atoms with Gasteiger partial charge < -0.3 is 10.0 Å². The van der Waals surface area contributed by atoms with Crippen LogP contribution in [0.25, 0.3) is 0 Å². The molecule has 2 heterocycles. The number of pyridine rings is 1. The van der Waals surface area contributed by atoms with Crippen LogP contribution in [0.5, 0.6) is 0 Å². The Morgan fingerprint density at radius 2 is 2.19 bits per heavy atom. The van der Waals surface area contributed by atoms with Crippen molar-refractivity contribution in [2.75, 3.05) is 20.6 Å². The summed E-state index contributed by atoms with van der Waals surface area (Å²) in [4.78, 5) is 6.45. The van der Waals surface area contributed by atoms with Crippen LogP contribution < -0.4 is 0 Å². The second-order valence-electron chi connectivity index (χ2n) is 5.21. The SMILES string of the molecule is CCc1cccnc1C(O)c1c(Br)cnn1CCN(C)C. The van der Waals surface area contributed by atoms with Crippen molar-refractivity contribution in [2.45, 2.75) is 26.0 Å². The Bertz CT molecular complexity index is 597. The third-order valence-electron chi connectivity index (χ3n) is 3.42. The molecule has 2 rings (SSSR count).